The van der Waals surface area contributed by atoms with Gasteiger partial charge in [-0.1, -0.05) is 23.9 Å². The fraction of sp³-hybridized carbons (Fsp3) is 0.429. The van der Waals surface area contributed by atoms with E-state index < -0.39 is 0 Å². The highest BCUT2D eigenvalue weighted by Gasteiger charge is 2.30. The Balaban J connectivity index is 1.40. The number of nitrogens with one attached hydrogen (secondary N) is 1. The van der Waals surface area contributed by atoms with Crippen molar-refractivity contribution in [3.8, 4) is 5.69 Å². The first-order chi connectivity index (χ1) is 14.6. The average Bonchev–Trinajstić information content (AvgIpc) is 3.47. The van der Waals surface area contributed by atoms with Crippen molar-refractivity contribution >= 4 is 28.7 Å². The maximum Gasteiger partial charge on any atom is 0.265 e. The highest BCUT2D eigenvalue weighted by molar-refractivity contribution is 7.99. The summed E-state index contributed by atoms with van der Waals surface area (Å²) in [5.41, 5.74) is 2.39. The molecule has 5 rings (SSSR count). The minimum atomic E-state index is -0.207. The molecule has 0 aliphatic carbocycles. The zero-order chi connectivity index (χ0) is 20.7. The lowest BCUT2D eigenvalue weighted by atomic mass is 10.2. The molecular formula is C21H23N5O3S. The van der Waals surface area contributed by atoms with Crippen molar-refractivity contribution in [3.63, 3.8) is 0 Å². The van der Waals surface area contributed by atoms with E-state index in [1.165, 1.54) is 11.8 Å². The molecule has 8 nitrogen and oxygen atoms in total. The molecule has 0 spiro atoms. The minimum absolute atomic E-state index is 0.0635. The summed E-state index contributed by atoms with van der Waals surface area (Å²) < 4.78 is 8.90. The Kier molecular flexibility index (Phi) is 5.08. The van der Waals surface area contributed by atoms with Crippen molar-refractivity contribution in [1.29, 1.82) is 0 Å². The standard InChI is InChI=1S/C21H23N5O3S/c1-13-4-2-5-14(8-13)26-19-17(11-23-26)20(28)25-15(12-30-21(25)24-19)9-18(27)22-10-16-6-3-7-29-16/h2,4-5,8,11,15-16H,3,6-7,9-10,12H2,1H3,(H,22,27)/t15-,16-/m0/s1. The molecule has 1 saturated heterocycles. The van der Waals surface area contributed by atoms with Crippen molar-refractivity contribution in [3.05, 3.63) is 46.4 Å². The second-order valence-corrected chi connectivity index (χ2v) is 8.80. The number of hydrogen-bond acceptors (Lipinski definition) is 6. The number of hydrogen-bond donors (Lipinski definition) is 1. The molecule has 1 fully saturated rings. The van der Waals surface area contributed by atoms with Crippen LogP contribution in [0.3, 0.4) is 0 Å². The molecule has 0 saturated carbocycles. The van der Waals surface area contributed by atoms with E-state index in [0.29, 0.717) is 28.5 Å². The van der Waals surface area contributed by atoms with Gasteiger partial charge in [-0.3, -0.25) is 14.2 Å². The highest BCUT2D eigenvalue weighted by Crippen LogP contribution is 2.33. The second-order valence-electron chi connectivity index (χ2n) is 7.81. The van der Waals surface area contributed by atoms with E-state index in [4.69, 9.17) is 9.72 Å². The van der Waals surface area contributed by atoms with Gasteiger partial charge in [0.15, 0.2) is 10.8 Å². The van der Waals surface area contributed by atoms with Gasteiger partial charge >= 0.3 is 0 Å². The molecule has 2 aromatic heterocycles. The first-order valence-electron chi connectivity index (χ1n) is 10.2. The highest BCUT2D eigenvalue weighted by atomic mass is 32.2. The van der Waals surface area contributed by atoms with Crippen LogP contribution in [0.2, 0.25) is 0 Å². The van der Waals surface area contributed by atoms with Gasteiger partial charge in [0.2, 0.25) is 5.91 Å². The number of aromatic nitrogens is 4. The van der Waals surface area contributed by atoms with Crippen LogP contribution in [-0.2, 0) is 9.53 Å². The Labute approximate surface area is 177 Å². The summed E-state index contributed by atoms with van der Waals surface area (Å²) >= 11 is 1.51. The largest absolute Gasteiger partial charge is 0.376 e. The average molecular weight is 426 g/mol. The molecule has 1 aromatic carbocycles. The van der Waals surface area contributed by atoms with Crippen LogP contribution in [0.15, 0.2) is 40.4 Å². The fourth-order valence-electron chi connectivity index (χ4n) is 4.05. The molecule has 3 aromatic rings. The fourth-order valence-corrected chi connectivity index (χ4v) is 5.18. The van der Waals surface area contributed by atoms with E-state index in [2.05, 4.69) is 10.4 Å². The Morgan fingerprint density at radius 3 is 3.10 bits per heavy atom. The zero-order valence-electron chi connectivity index (χ0n) is 16.7. The van der Waals surface area contributed by atoms with Crippen LogP contribution in [0.1, 0.15) is 30.9 Å². The lowest BCUT2D eigenvalue weighted by molar-refractivity contribution is -0.122. The van der Waals surface area contributed by atoms with Crippen molar-refractivity contribution in [2.45, 2.75) is 43.5 Å². The molecular weight excluding hydrogens is 402 g/mol. The van der Waals surface area contributed by atoms with Crippen LogP contribution in [0.4, 0.5) is 0 Å². The van der Waals surface area contributed by atoms with Gasteiger partial charge in [-0.2, -0.15) is 5.10 Å². The number of rotatable bonds is 5. The molecule has 0 radical (unpaired) electrons. The van der Waals surface area contributed by atoms with Gasteiger partial charge in [0.1, 0.15) is 5.39 Å². The maximum atomic E-state index is 13.2. The molecule has 156 valence electrons. The normalized spacial score (nSPS) is 20.6. The number of amides is 1. The molecule has 9 heteroatoms. The summed E-state index contributed by atoms with van der Waals surface area (Å²) in [6, 6.07) is 7.71. The number of ether oxygens (including phenoxy) is 1. The second kappa shape index (κ2) is 7.88. The minimum Gasteiger partial charge on any atom is -0.376 e. The third-order valence-corrected chi connectivity index (χ3v) is 6.69. The van der Waals surface area contributed by atoms with Crippen molar-refractivity contribution in [2.24, 2.45) is 0 Å². The van der Waals surface area contributed by atoms with E-state index in [1.54, 1.807) is 15.4 Å². The molecule has 4 heterocycles. The number of nitrogens with zero attached hydrogens (tertiary/aromatic N) is 4. The molecule has 0 bridgehead atoms. The summed E-state index contributed by atoms with van der Waals surface area (Å²) in [4.78, 5) is 30.4. The molecule has 2 aliphatic rings. The van der Waals surface area contributed by atoms with Crippen molar-refractivity contribution in [2.75, 3.05) is 18.9 Å². The third-order valence-electron chi connectivity index (χ3n) is 5.59. The molecule has 2 atom stereocenters. The quantitative estimate of drug-likeness (QED) is 0.631. The van der Waals surface area contributed by atoms with Crippen LogP contribution in [-0.4, -0.2) is 50.2 Å². The van der Waals surface area contributed by atoms with E-state index in [0.717, 1.165) is 30.7 Å². The van der Waals surface area contributed by atoms with Gasteiger partial charge in [0.05, 0.1) is 24.0 Å². The zero-order valence-corrected chi connectivity index (χ0v) is 17.5. The monoisotopic (exact) mass is 425 g/mol. The predicted molar refractivity (Wildman–Crippen MR) is 114 cm³/mol. The summed E-state index contributed by atoms with van der Waals surface area (Å²) in [6.45, 7) is 3.31. The van der Waals surface area contributed by atoms with Gasteiger partial charge in [0, 0.05) is 25.3 Å². The first kappa shape index (κ1) is 19.3. The van der Waals surface area contributed by atoms with Crippen LogP contribution in [0.5, 0.6) is 0 Å². The van der Waals surface area contributed by atoms with Crippen molar-refractivity contribution < 1.29 is 9.53 Å². The van der Waals surface area contributed by atoms with Gasteiger partial charge in [-0.25, -0.2) is 9.67 Å². The van der Waals surface area contributed by atoms with Crippen LogP contribution >= 0.6 is 11.8 Å². The molecule has 1 amide bonds. The number of carbonyl (C=O) groups excluding carboxylic acids is 1. The maximum absolute atomic E-state index is 13.2. The Bertz CT molecular complexity index is 1170. The van der Waals surface area contributed by atoms with Crippen molar-refractivity contribution in [1.82, 2.24) is 24.6 Å². The number of thioether (sulfide) groups is 1. The number of aryl methyl sites for hydroxylation is 1. The molecule has 30 heavy (non-hydrogen) atoms. The lowest BCUT2D eigenvalue weighted by Gasteiger charge is -2.15. The molecule has 1 N–H and O–H groups in total. The summed E-state index contributed by atoms with van der Waals surface area (Å²) in [6.07, 6.45) is 3.95. The molecule has 0 unspecified atom stereocenters. The lowest BCUT2D eigenvalue weighted by Crippen LogP contribution is -2.34. The van der Waals surface area contributed by atoms with Gasteiger partial charge in [-0.15, -0.1) is 0 Å². The number of benzene rings is 1. The number of fused-ring (bicyclic) bond motifs is 2. The van der Waals surface area contributed by atoms with E-state index in [-0.39, 0.29) is 30.0 Å². The number of carbonyl (C=O) groups is 1. The first-order valence-corrected chi connectivity index (χ1v) is 11.2. The molecule has 2 aliphatic heterocycles. The Hall–Kier alpha value is -2.65. The Morgan fingerprint density at radius 1 is 1.40 bits per heavy atom. The Morgan fingerprint density at radius 2 is 2.30 bits per heavy atom. The summed E-state index contributed by atoms with van der Waals surface area (Å²) in [5.74, 6) is 0.589. The van der Waals surface area contributed by atoms with E-state index in [1.807, 2.05) is 31.2 Å². The van der Waals surface area contributed by atoms with Crippen LogP contribution in [0.25, 0.3) is 16.7 Å². The van der Waals surface area contributed by atoms with Gasteiger partial charge < -0.3 is 10.1 Å². The SMILES string of the molecule is Cc1cccc(-n2ncc3c(=O)n4c(nc32)SC[C@@H]4CC(=O)NC[C@@H]2CCCO2)c1. The predicted octanol–water partition coefficient (Wildman–Crippen LogP) is 2.22. The van der Waals surface area contributed by atoms with Gasteiger partial charge in [0.25, 0.3) is 5.56 Å². The summed E-state index contributed by atoms with van der Waals surface area (Å²) in [5, 5.41) is 8.45. The summed E-state index contributed by atoms with van der Waals surface area (Å²) in [7, 11) is 0. The van der Waals surface area contributed by atoms with Crippen LogP contribution in [0, 0.1) is 6.92 Å². The topological polar surface area (TPSA) is 91.0 Å². The van der Waals surface area contributed by atoms with E-state index in [9.17, 15) is 9.59 Å². The van der Waals surface area contributed by atoms with E-state index >= 15 is 0 Å². The van der Waals surface area contributed by atoms with Crippen LogP contribution < -0.4 is 10.9 Å². The smallest absolute Gasteiger partial charge is 0.265 e. The third kappa shape index (κ3) is 3.52. The van der Waals surface area contributed by atoms with Gasteiger partial charge in [-0.05, 0) is 37.5 Å².